The number of rotatable bonds is 8. The Kier molecular flexibility index (Phi) is 7.20. The number of benzene rings is 2. The second-order valence-electron chi connectivity index (χ2n) is 9.28. The molecule has 4 rings (SSSR count). The van der Waals surface area contributed by atoms with Gasteiger partial charge in [-0.2, -0.15) is 0 Å². The first-order valence-corrected chi connectivity index (χ1v) is 12.1. The van der Waals surface area contributed by atoms with Crippen molar-refractivity contribution in [1.29, 1.82) is 0 Å². The van der Waals surface area contributed by atoms with Gasteiger partial charge >= 0.3 is 12.1 Å². The number of amides is 2. The molecule has 0 unspecified atom stereocenters. The van der Waals surface area contributed by atoms with Gasteiger partial charge in [-0.25, -0.2) is 9.59 Å². The van der Waals surface area contributed by atoms with E-state index in [1.165, 1.54) is 0 Å². The molecule has 7 nitrogen and oxygen atoms in total. The summed E-state index contributed by atoms with van der Waals surface area (Å²) in [6.45, 7) is 2.07. The van der Waals surface area contributed by atoms with E-state index in [2.05, 4.69) is 34.9 Å². The van der Waals surface area contributed by atoms with Crippen LogP contribution in [0.3, 0.4) is 0 Å². The van der Waals surface area contributed by atoms with Crippen molar-refractivity contribution in [2.75, 3.05) is 6.61 Å². The molecule has 1 atom stereocenters. The quantitative estimate of drug-likeness (QED) is 0.530. The average Bonchev–Trinajstić information content (AvgIpc) is 3.16. The van der Waals surface area contributed by atoms with Crippen LogP contribution in [0.5, 0.6) is 0 Å². The van der Waals surface area contributed by atoms with E-state index in [0.717, 1.165) is 41.5 Å². The Bertz CT molecular complexity index is 1010. The number of carbonyl (C=O) groups excluding carboxylic acids is 2. The maximum atomic E-state index is 12.6. The lowest BCUT2D eigenvalue weighted by Gasteiger charge is -2.34. The second kappa shape index (κ2) is 10.3. The maximum Gasteiger partial charge on any atom is 0.407 e. The molecule has 0 bridgehead atoms. The van der Waals surface area contributed by atoms with Crippen LogP contribution in [-0.2, 0) is 14.3 Å². The first-order valence-electron chi connectivity index (χ1n) is 12.1. The number of carbonyl (C=O) groups is 3. The van der Waals surface area contributed by atoms with Crippen molar-refractivity contribution in [3.8, 4) is 11.1 Å². The van der Waals surface area contributed by atoms with Crippen LogP contribution in [0.25, 0.3) is 11.1 Å². The Morgan fingerprint density at radius 3 is 2.15 bits per heavy atom. The van der Waals surface area contributed by atoms with E-state index in [0.29, 0.717) is 19.3 Å². The fourth-order valence-corrected chi connectivity index (χ4v) is 5.19. The van der Waals surface area contributed by atoms with E-state index in [1.54, 1.807) is 0 Å². The van der Waals surface area contributed by atoms with Crippen LogP contribution in [0.2, 0.25) is 0 Å². The summed E-state index contributed by atoms with van der Waals surface area (Å²) < 4.78 is 5.59. The zero-order valence-corrected chi connectivity index (χ0v) is 19.5. The topological polar surface area (TPSA) is 105 Å². The highest BCUT2D eigenvalue weighted by molar-refractivity contribution is 5.87. The molecule has 1 fully saturated rings. The summed E-state index contributed by atoms with van der Waals surface area (Å²) in [6.07, 6.45) is 3.37. The zero-order chi connectivity index (χ0) is 24.1. The summed E-state index contributed by atoms with van der Waals surface area (Å²) in [4.78, 5) is 37.1. The van der Waals surface area contributed by atoms with Gasteiger partial charge in [0.05, 0.1) is 0 Å². The number of ether oxygens (including phenoxy) is 1. The molecule has 34 heavy (non-hydrogen) atoms. The van der Waals surface area contributed by atoms with Crippen LogP contribution in [0.1, 0.15) is 68.9 Å². The van der Waals surface area contributed by atoms with Crippen LogP contribution in [-0.4, -0.2) is 41.3 Å². The van der Waals surface area contributed by atoms with Crippen molar-refractivity contribution in [1.82, 2.24) is 10.6 Å². The number of hydrogen-bond donors (Lipinski definition) is 3. The third-order valence-corrected chi connectivity index (χ3v) is 7.09. The van der Waals surface area contributed by atoms with Gasteiger partial charge in [0.1, 0.15) is 12.1 Å². The Hall–Kier alpha value is -3.35. The summed E-state index contributed by atoms with van der Waals surface area (Å²) in [7, 11) is 0. The number of carboxylic acids is 1. The Balaban J connectivity index is 1.33. The standard InChI is InChI=1S/C27H32N2O5/c1-2-18(16-24(30)29-27(25(31)32)14-8-3-9-15-27)28-26(33)34-17-23-21-12-6-4-10-19(21)20-11-5-7-13-22(20)23/h4-7,10-13,18,23H,2-3,8-9,14-17H2,1H3,(H,28,33)(H,29,30)(H,31,32)/t18-/m0/s1. The molecule has 7 heteroatoms. The SMILES string of the molecule is CC[C@@H](CC(=O)NC1(C(=O)O)CCCCC1)NC(=O)OCC1c2ccccc2-c2ccccc21. The van der Waals surface area contributed by atoms with Crippen LogP contribution >= 0.6 is 0 Å². The second-order valence-corrected chi connectivity index (χ2v) is 9.28. The highest BCUT2D eigenvalue weighted by atomic mass is 16.5. The summed E-state index contributed by atoms with van der Waals surface area (Å²) >= 11 is 0. The molecule has 2 amide bonds. The first kappa shape index (κ1) is 23.8. The minimum absolute atomic E-state index is 0.00965. The van der Waals surface area contributed by atoms with E-state index >= 15 is 0 Å². The lowest BCUT2D eigenvalue weighted by molar-refractivity contribution is -0.149. The van der Waals surface area contributed by atoms with Gasteiger partial charge in [0.2, 0.25) is 5.91 Å². The molecule has 0 radical (unpaired) electrons. The number of fused-ring (bicyclic) bond motifs is 3. The predicted molar refractivity (Wildman–Crippen MR) is 128 cm³/mol. The Morgan fingerprint density at radius 1 is 1.00 bits per heavy atom. The molecule has 2 aliphatic rings. The Morgan fingerprint density at radius 2 is 1.59 bits per heavy atom. The normalized spacial score (nSPS) is 17.2. The third kappa shape index (κ3) is 4.93. The summed E-state index contributed by atoms with van der Waals surface area (Å²) in [5.41, 5.74) is 3.39. The fourth-order valence-electron chi connectivity index (χ4n) is 5.19. The molecule has 180 valence electrons. The van der Waals surface area contributed by atoms with Crippen molar-refractivity contribution in [3.05, 3.63) is 59.7 Å². The smallest absolute Gasteiger partial charge is 0.407 e. The van der Waals surface area contributed by atoms with Gasteiger partial charge in [-0.3, -0.25) is 4.79 Å². The summed E-state index contributed by atoms with van der Waals surface area (Å²) in [5, 5.41) is 15.2. The van der Waals surface area contributed by atoms with Crippen LogP contribution in [0.4, 0.5) is 4.79 Å². The monoisotopic (exact) mass is 464 g/mol. The zero-order valence-electron chi connectivity index (χ0n) is 19.5. The largest absolute Gasteiger partial charge is 0.480 e. The lowest BCUT2D eigenvalue weighted by atomic mass is 9.81. The first-order chi connectivity index (χ1) is 16.4. The van der Waals surface area contributed by atoms with Gasteiger partial charge in [0.25, 0.3) is 0 Å². The van der Waals surface area contributed by atoms with Crippen molar-refractivity contribution in [2.24, 2.45) is 0 Å². The van der Waals surface area contributed by atoms with E-state index in [9.17, 15) is 19.5 Å². The maximum absolute atomic E-state index is 12.6. The van der Waals surface area contributed by atoms with Gasteiger partial charge < -0.3 is 20.5 Å². The number of nitrogens with one attached hydrogen (secondary N) is 2. The Labute approximate surface area is 199 Å². The van der Waals surface area contributed by atoms with Crippen molar-refractivity contribution >= 4 is 18.0 Å². The van der Waals surface area contributed by atoms with Crippen molar-refractivity contribution < 1.29 is 24.2 Å². The third-order valence-electron chi connectivity index (χ3n) is 7.09. The molecule has 0 aromatic heterocycles. The molecular formula is C27H32N2O5. The highest BCUT2D eigenvalue weighted by Crippen LogP contribution is 2.44. The highest BCUT2D eigenvalue weighted by Gasteiger charge is 2.41. The van der Waals surface area contributed by atoms with Gasteiger partial charge in [0.15, 0.2) is 0 Å². The predicted octanol–water partition coefficient (Wildman–Crippen LogP) is 4.60. The van der Waals surface area contributed by atoms with E-state index in [4.69, 9.17) is 4.74 Å². The lowest BCUT2D eigenvalue weighted by Crippen LogP contribution is -2.56. The molecule has 1 saturated carbocycles. The van der Waals surface area contributed by atoms with Crippen LogP contribution < -0.4 is 10.6 Å². The minimum Gasteiger partial charge on any atom is -0.480 e. The van der Waals surface area contributed by atoms with Gasteiger partial charge in [-0.15, -0.1) is 0 Å². The molecule has 0 heterocycles. The fraction of sp³-hybridized carbons (Fsp3) is 0.444. The number of carboxylic acid groups (broad SMARTS) is 1. The van der Waals surface area contributed by atoms with E-state index in [1.807, 2.05) is 31.2 Å². The van der Waals surface area contributed by atoms with Crippen molar-refractivity contribution in [3.63, 3.8) is 0 Å². The van der Waals surface area contributed by atoms with Gasteiger partial charge in [-0.1, -0.05) is 74.7 Å². The van der Waals surface area contributed by atoms with Gasteiger partial charge in [-0.05, 0) is 41.5 Å². The van der Waals surface area contributed by atoms with Crippen LogP contribution in [0, 0.1) is 0 Å². The molecule has 3 N–H and O–H groups in total. The van der Waals surface area contributed by atoms with Crippen LogP contribution in [0.15, 0.2) is 48.5 Å². The van der Waals surface area contributed by atoms with E-state index in [-0.39, 0.29) is 24.9 Å². The molecule has 2 aromatic rings. The molecule has 2 aromatic carbocycles. The number of alkyl carbamates (subject to hydrolysis) is 1. The summed E-state index contributed by atoms with van der Waals surface area (Å²) in [6, 6.07) is 15.8. The van der Waals surface area contributed by atoms with Gasteiger partial charge in [0, 0.05) is 18.4 Å². The van der Waals surface area contributed by atoms with E-state index < -0.39 is 23.6 Å². The molecule has 0 spiro atoms. The molecule has 0 saturated heterocycles. The number of aliphatic carboxylic acids is 1. The molecule has 2 aliphatic carbocycles. The minimum atomic E-state index is -1.20. The summed E-state index contributed by atoms with van der Waals surface area (Å²) in [5.74, 6) is -1.39. The average molecular weight is 465 g/mol. The molecular weight excluding hydrogens is 432 g/mol. The number of hydrogen-bond acceptors (Lipinski definition) is 4. The van der Waals surface area contributed by atoms with Crippen molar-refractivity contribution in [2.45, 2.75) is 69.4 Å². The molecule has 0 aliphatic heterocycles.